The van der Waals surface area contributed by atoms with Crippen LogP contribution in [0.1, 0.15) is 28.5 Å². The molecular weight excluding hydrogens is 440 g/mol. The molecule has 0 saturated carbocycles. The van der Waals surface area contributed by atoms with Gasteiger partial charge in [0.05, 0.1) is 23.0 Å². The maximum atomic E-state index is 13.6. The van der Waals surface area contributed by atoms with E-state index < -0.39 is 0 Å². The number of ether oxygens (including phenoxy) is 1. The van der Waals surface area contributed by atoms with Gasteiger partial charge in [-0.2, -0.15) is 5.10 Å². The third kappa shape index (κ3) is 4.73. The summed E-state index contributed by atoms with van der Waals surface area (Å²) in [6.45, 7) is 7.84. The van der Waals surface area contributed by atoms with Gasteiger partial charge in [0.25, 0.3) is 5.91 Å². The monoisotopic (exact) mass is 466 g/mol. The van der Waals surface area contributed by atoms with Crippen LogP contribution < -0.4 is 0 Å². The van der Waals surface area contributed by atoms with E-state index in [1.165, 1.54) is 0 Å². The quantitative estimate of drug-likeness (QED) is 0.557. The summed E-state index contributed by atoms with van der Waals surface area (Å²) >= 11 is 6.43. The predicted molar refractivity (Wildman–Crippen MR) is 128 cm³/mol. The number of hydrogen-bond donors (Lipinski definition) is 0. The second kappa shape index (κ2) is 9.67. The Morgan fingerprint density at radius 2 is 1.70 bits per heavy atom. The number of piperazine rings is 1. The van der Waals surface area contributed by atoms with Crippen molar-refractivity contribution in [1.82, 2.24) is 19.6 Å². The molecule has 1 aliphatic rings. The molecule has 0 radical (unpaired) electrons. The summed E-state index contributed by atoms with van der Waals surface area (Å²) in [6.07, 6.45) is -0.342. The lowest BCUT2D eigenvalue weighted by Crippen LogP contribution is -2.51. The fourth-order valence-electron chi connectivity index (χ4n) is 3.93. The molecule has 3 aromatic rings. The zero-order valence-electron chi connectivity index (χ0n) is 19.0. The van der Waals surface area contributed by atoms with Crippen molar-refractivity contribution >= 4 is 23.6 Å². The Labute approximate surface area is 198 Å². The Morgan fingerprint density at radius 3 is 2.39 bits per heavy atom. The van der Waals surface area contributed by atoms with Gasteiger partial charge >= 0.3 is 6.09 Å². The summed E-state index contributed by atoms with van der Waals surface area (Å²) in [6, 6.07) is 15.3. The van der Waals surface area contributed by atoms with Crippen LogP contribution in [-0.2, 0) is 4.74 Å². The van der Waals surface area contributed by atoms with Crippen molar-refractivity contribution in [3.63, 3.8) is 0 Å². The normalized spacial score (nSPS) is 13.8. The van der Waals surface area contributed by atoms with Crippen molar-refractivity contribution in [3.05, 3.63) is 70.4 Å². The molecule has 0 unspecified atom stereocenters. The van der Waals surface area contributed by atoms with Crippen LogP contribution >= 0.6 is 11.6 Å². The number of aromatic nitrogens is 2. The van der Waals surface area contributed by atoms with E-state index in [4.69, 9.17) is 21.4 Å². The van der Waals surface area contributed by atoms with Crippen LogP contribution in [-0.4, -0.2) is 64.4 Å². The highest BCUT2D eigenvalue weighted by Gasteiger charge is 2.29. The molecule has 0 spiro atoms. The molecule has 0 bridgehead atoms. The average Bonchev–Trinajstić information content (AvgIpc) is 3.25. The number of hydrogen-bond acceptors (Lipinski definition) is 4. The minimum Gasteiger partial charge on any atom is -0.450 e. The first kappa shape index (κ1) is 22.9. The van der Waals surface area contributed by atoms with Crippen molar-refractivity contribution in [2.24, 2.45) is 0 Å². The molecule has 2 heterocycles. The molecule has 33 heavy (non-hydrogen) atoms. The number of carbonyl (C=O) groups is 2. The van der Waals surface area contributed by atoms with E-state index in [-0.39, 0.29) is 12.0 Å². The second-order valence-electron chi connectivity index (χ2n) is 8.07. The molecule has 0 aliphatic carbocycles. The van der Waals surface area contributed by atoms with Crippen LogP contribution in [0, 0.1) is 13.8 Å². The minimum atomic E-state index is -0.342. The van der Waals surface area contributed by atoms with E-state index in [0.717, 1.165) is 22.4 Å². The second-order valence-corrected chi connectivity index (χ2v) is 8.48. The molecule has 1 saturated heterocycles. The summed E-state index contributed by atoms with van der Waals surface area (Å²) in [5, 5.41) is 5.37. The Bertz CT molecular complexity index is 1180. The van der Waals surface area contributed by atoms with E-state index in [0.29, 0.717) is 49.2 Å². The van der Waals surface area contributed by atoms with Gasteiger partial charge in [0, 0.05) is 31.7 Å². The fourth-order valence-corrected chi connectivity index (χ4v) is 4.17. The van der Waals surface area contributed by atoms with Crippen LogP contribution in [0.3, 0.4) is 0 Å². The standard InChI is InChI=1S/C25H27ClN4O3/c1-4-33-25(32)29-13-11-28(12-14-29)24(31)23-16-21(19-7-5-6-8-20(19)26)27-30(23)22-15-17(2)9-10-18(22)3/h5-10,15-16H,4,11-14H2,1-3H3. The lowest BCUT2D eigenvalue weighted by atomic mass is 10.1. The number of carbonyl (C=O) groups excluding carboxylic acids is 2. The Morgan fingerprint density at radius 1 is 1.00 bits per heavy atom. The van der Waals surface area contributed by atoms with Crippen molar-refractivity contribution in [1.29, 1.82) is 0 Å². The highest BCUT2D eigenvalue weighted by Crippen LogP contribution is 2.29. The third-order valence-corrected chi connectivity index (χ3v) is 6.09. The Balaban J connectivity index is 1.70. The van der Waals surface area contributed by atoms with Gasteiger partial charge in [-0.15, -0.1) is 0 Å². The zero-order valence-corrected chi connectivity index (χ0v) is 19.8. The molecular formula is C25H27ClN4O3. The molecule has 4 rings (SSSR count). The maximum Gasteiger partial charge on any atom is 0.409 e. The van der Waals surface area contributed by atoms with E-state index >= 15 is 0 Å². The van der Waals surface area contributed by atoms with Gasteiger partial charge in [0.15, 0.2) is 0 Å². The lowest BCUT2D eigenvalue weighted by molar-refractivity contribution is 0.0563. The SMILES string of the molecule is CCOC(=O)N1CCN(C(=O)c2cc(-c3ccccc3Cl)nn2-c2cc(C)ccc2C)CC1. The van der Waals surface area contributed by atoms with Crippen LogP contribution in [0.15, 0.2) is 48.5 Å². The molecule has 2 aromatic carbocycles. The van der Waals surface area contributed by atoms with Gasteiger partial charge < -0.3 is 14.5 Å². The number of halogens is 1. The summed E-state index contributed by atoms with van der Waals surface area (Å²) in [4.78, 5) is 29.0. The van der Waals surface area contributed by atoms with Crippen molar-refractivity contribution in [3.8, 4) is 16.9 Å². The molecule has 1 aromatic heterocycles. The summed E-state index contributed by atoms with van der Waals surface area (Å²) < 4.78 is 6.79. The van der Waals surface area contributed by atoms with Crippen LogP contribution in [0.25, 0.3) is 16.9 Å². The van der Waals surface area contributed by atoms with Gasteiger partial charge in [-0.1, -0.05) is 41.9 Å². The number of rotatable bonds is 4. The minimum absolute atomic E-state index is 0.134. The van der Waals surface area contributed by atoms with E-state index in [2.05, 4.69) is 0 Å². The topological polar surface area (TPSA) is 67.7 Å². The van der Waals surface area contributed by atoms with E-state index in [9.17, 15) is 9.59 Å². The van der Waals surface area contributed by atoms with Crippen molar-refractivity contribution in [2.45, 2.75) is 20.8 Å². The van der Waals surface area contributed by atoms with Crippen molar-refractivity contribution < 1.29 is 14.3 Å². The molecule has 1 aliphatic heterocycles. The first-order valence-electron chi connectivity index (χ1n) is 11.0. The first-order chi connectivity index (χ1) is 15.9. The molecule has 0 atom stereocenters. The molecule has 1 fully saturated rings. The predicted octanol–water partition coefficient (Wildman–Crippen LogP) is 4.72. The number of nitrogens with zero attached hydrogens (tertiary/aromatic N) is 4. The number of aryl methyl sites for hydroxylation is 2. The van der Waals surface area contributed by atoms with Crippen LogP contribution in [0.4, 0.5) is 4.79 Å². The lowest BCUT2D eigenvalue weighted by Gasteiger charge is -2.34. The molecule has 7 nitrogen and oxygen atoms in total. The van der Waals surface area contributed by atoms with Crippen LogP contribution in [0.2, 0.25) is 5.02 Å². The number of benzene rings is 2. The highest BCUT2D eigenvalue weighted by atomic mass is 35.5. The molecule has 8 heteroatoms. The summed E-state index contributed by atoms with van der Waals surface area (Å²) in [5.74, 6) is -0.134. The zero-order chi connectivity index (χ0) is 23.5. The number of amides is 2. The molecule has 2 amide bonds. The fraction of sp³-hybridized carbons (Fsp3) is 0.320. The smallest absolute Gasteiger partial charge is 0.409 e. The van der Waals surface area contributed by atoms with Crippen LogP contribution in [0.5, 0.6) is 0 Å². The third-order valence-electron chi connectivity index (χ3n) is 5.76. The Kier molecular flexibility index (Phi) is 6.70. The average molecular weight is 467 g/mol. The maximum absolute atomic E-state index is 13.6. The summed E-state index contributed by atoms with van der Waals surface area (Å²) in [5.41, 5.74) is 4.80. The van der Waals surface area contributed by atoms with Gasteiger partial charge in [0.1, 0.15) is 5.69 Å². The van der Waals surface area contributed by atoms with Gasteiger partial charge in [0.2, 0.25) is 0 Å². The summed E-state index contributed by atoms with van der Waals surface area (Å²) in [7, 11) is 0. The van der Waals surface area contributed by atoms with Crippen molar-refractivity contribution in [2.75, 3.05) is 32.8 Å². The van der Waals surface area contributed by atoms with Gasteiger partial charge in [-0.05, 0) is 50.1 Å². The first-order valence-corrected chi connectivity index (χ1v) is 11.4. The Hall–Kier alpha value is -3.32. The molecule has 172 valence electrons. The van der Waals surface area contributed by atoms with E-state index in [1.54, 1.807) is 27.5 Å². The van der Waals surface area contributed by atoms with Gasteiger partial charge in [-0.3, -0.25) is 4.79 Å². The van der Waals surface area contributed by atoms with E-state index in [1.807, 2.05) is 56.3 Å². The highest BCUT2D eigenvalue weighted by molar-refractivity contribution is 6.33. The van der Waals surface area contributed by atoms with Gasteiger partial charge in [-0.25, -0.2) is 9.48 Å². The largest absolute Gasteiger partial charge is 0.450 e. The molecule has 0 N–H and O–H groups in total.